The van der Waals surface area contributed by atoms with Gasteiger partial charge < -0.3 is 9.84 Å². The molecule has 1 atom stereocenters. The molecule has 1 N–H and O–H groups in total. The van der Waals surface area contributed by atoms with Gasteiger partial charge in [-0.25, -0.2) is 0 Å². The van der Waals surface area contributed by atoms with Gasteiger partial charge in [-0.1, -0.05) is 19.1 Å². The van der Waals surface area contributed by atoms with Gasteiger partial charge in [0.2, 0.25) is 0 Å². The highest BCUT2D eigenvalue weighted by Gasteiger charge is 2.30. The number of carboxylic acid groups (broad SMARTS) is 1. The third-order valence-corrected chi connectivity index (χ3v) is 3.83. The number of rotatable bonds is 4. The van der Waals surface area contributed by atoms with Crippen molar-refractivity contribution >= 4 is 5.97 Å². The Morgan fingerprint density at radius 2 is 2.11 bits per heavy atom. The van der Waals surface area contributed by atoms with E-state index in [2.05, 4.69) is 11.8 Å². The Balaban J connectivity index is 2.22. The second-order valence-electron chi connectivity index (χ2n) is 5.24. The molecule has 0 spiro atoms. The summed E-state index contributed by atoms with van der Waals surface area (Å²) in [6.07, 6.45) is 2.13. The van der Waals surface area contributed by atoms with Crippen molar-refractivity contribution in [2.24, 2.45) is 5.92 Å². The van der Waals surface area contributed by atoms with Gasteiger partial charge in [-0.15, -0.1) is 0 Å². The lowest BCUT2D eigenvalue weighted by Crippen LogP contribution is -2.39. The second kappa shape index (κ2) is 6.06. The van der Waals surface area contributed by atoms with E-state index in [-0.39, 0.29) is 0 Å². The van der Waals surface area contributed by atoms with Crippen molar-refractivity contribution in [3.05, 3.63) is 29.8 Å². The molecule has 1 heterocycles. The minimum Gasteiger partial charge on any atom is -0.497 e. The lowest BCUT2D eigenvalue weighted by molar-refractivity contribution is -0.144. The first kappa shape index (κ1) is 13.9. The molecule has 4 nitrogen and oxygen atoms in total. The number of piperidine rings is 1. The highest BCUT2D eigenvalue weighted by Crippen LogP contribution is 2.28. The van der Waals surface area contributed by atoms with Gasteiger partial charge in [-0.3, -0.25) is 9.69 Å². The molecule has 1 saturated heterocycles. The maximum absolute atomic E-state index is 11.6. The number of nitrogens with zero attached hydrogens (tertiary/aromatic N) is 1. The van der Waals surface area contributed by atoms with E-state index in [0.717, 1.165) is 31.5 Å². The third-order valence-electron chi connectivity index (χ3n) is 3.83. The Labute approximate surface area is 114 Å². The van der Waals surface area contributed by atoms with Crippen LogP contribution in [0.3, 0.4) is 0 Å². The number of benzene rings is 1. The van der Waals surface area contributed by atoms with Gasteiger partial charge in [-0.2, -0.15) is 0 Å². The Hall–Kier alpha value is -1.55. The fraction of sp³-hybridized carbons (Fsp3) is 0.533. The minimum absolute atomic E-state index is 0.567. The minimum atomic E-state index is -0.789. The van der Waals surface area contributed by atoms with Crippen LogP contribution in [0.5, 0.6) is 5.75 Å². The fourth-order valence-corrected chi connectivity index (χ4v) is 2.61. The first-order chi connectivity index (χ1) is 9.11. The lowest BCUT2D eigenvalue weighted by Gasteiger charge is -2.34. The predicted molar refractivity (Wildman–Crippen MR) is 73.3 cm³/mol. The topological polar surface area (TPSA) is 49.8 Å². The summed E-state index contributed by atoms with van der Waals surface area (Å²) in [4.78, 5) is 13.7. The van der Waals surface area contributed by atoms with Crippen molar-refractivity contribution in [1.29, 1.82) is 0 Å². The van der Waals surface area contributed by atoms with Gasteiger partial charge in [0.25, 0.3) is 0 Å². The summed E-state index contributed by atoms with van der Waals surface area (Å²) in [6, 6.07) is 6.79. The number of methoxy groups -OCH3 is 1. The van der Waals surface area contributed by atoms with Crippen LogP contribution < -0.4 is 4.74 Å². The van der Waals surface area contributed by atoms with Crippen molar-refractivity contribution in [3.8, 4) is 5.75 Å². The molecule has 1 aliphatic rings. The van der Waals surface area contributed by atoms with E-state index >= 15 is 0 Å². The number of aliphatic carboxylic acids is 1. The number of carboxylic acids is 1. The third kappa shape index (κ3) is 3.26. The van der Waals surface area contributed by atoms with Gasteiger partial charge >= 0.3 is 5.97 Å². The average Bonchev–Trinajstić information content (AvgIpc) is 2.41. The van der Waals surface area contributed by atoms with Gasteiger partial charge in [0.05, 0.1) is 7.11 Å². The van der Waals surface area contributed by atoms with Gasteiger partial charge in [0.15, 0.2) is 0 Å². The first-order valence-corrected chi connectivity index (χ1v) is 6.72. The van der Waals surface area contributed by atoms with Gasteiger partial charge in [-0.05, 0) is 49.5 Å². The van der Waals surface area contributed by atoms with Crippen molar-refractivity contribution in [2.75, 3.05) is 20.2 Å². The van der Waals surface area contributed by atoms with Crippen LogP contribution >= 0.6 is 0 Å². The van der Waals surface area contributed by atoms with E-state index in [0.29, 0.717) is 11.7 Å². The van der Waals surface area contributed by atoms with Crippen molar-refractivity contribution in [3.63, 3.8) is 0 Å². The Kier molecular flexibility index (Phi) is 4.43. The molecule has 0 bridgehead atoms. The Bertz CT molecular complexity index is 439. The molecule has 1 aromatic carbocycles. The van der Waals surface area contributed by atoms with Crippen molar-refractivity contribution < 1.29 is 14.6 Å². The zero-order valence-electron chi connectivity index (χ0n) is 11.5. The fourth-order valence-electron chi connectivity index (χ4n) is 2.61. The zero-order chi connectivity index (χ0) is 13.8. The lowest BCUT2D eigenvalue weighted by atomic mass is 9.96. The summed E-state index contributed by atoms with van der Waals surface area (Å²) >= 11 is 0. The Morgan fingerprint density at radius 3 is 2.68 bits per heavy atom. The maximum Gasteiger partial charge on any atom is 0.325 e. The molecule has 0 aliphatic carbocycles. The summed E-state index contributed by atoms with van der Waals surface area (Å²) < 4.78 is 5.18. The van der Waals surface area contributed by atoms with Crippen LogP contribution in [0, 0.1) is 5.92 Å². The van der Waals surface area contributed by atoms with E-state index in [4.69, 9.17) is 4.74 Å². The number of hydrogen-bond acceptors (Lipinski definition) is 3. The molecule has 2 rings (SSSR count). The number of likely N-dealkylation sites (tertiary alicyclic amines) is 1. The van der Waals surface area contributed by atoms with Crippen LogP contribution in [0.2, 0.25) is 0 Å². The number of carbonyl (C=O) groups is 1. The first-order valence-electron chi connectivity index (χ1n) is 6.72. The molecule has 19 heavy (non-hydrogen) atoms. The van der Waals surface area contributed by atoms with Crippen LogP contribution in [0.25, 0.3) is 0 Å². The van der Waals surface area contributed by atoms with Crippen LogP contribution in [0.4, 0.5) is 0 Å². The SMILES string of the molecule is COc1cccc(C(C(=O)O)N2CCC(C)CC2)c1. The molecule has 1 unspecified atom stereocenters. The summed E-state index contributed by atoms with van der Waals surface area (Å²) in [6.45, 7) is 3.91. The number of ether oxygens (including phenoxy) is 1. The summed E-state index contributed by atoms with van der Waals surface area (Å²) in [5, 5.41) is 9.53. The molecule has 0 saturated carbocycles. The molecule has 1 aliphatic heterocycles. The molecule has 1 fully saturated rings. The number of hydrogen-bond donors (Lipinski definition) is 1. The monoisotopic (exact) mass is 263 g/mol. The highest BCUT2D eigenvalue weighted by molar-refractivity contribution is 5.75. The highest BCUT2D eigenvalue weighted by atomic mass is 16.5. The summed E-state index contributed by atoms with van der Waals surface area (Å²) in [7, 11) is 1.59. The van der Waals surface area contributed by atoms with Crippen LogP contribution in [-0.2, 0) is 4.79 Å². The molecule has 0 aromatic heterocycles. The molecule has 1 aromatic rings. The van der Waals surface area contributed by atoms with E-state index in [1.165, 1.54) is 0 Å². The van der Waals surface area contributed by atoms with Crippen molar-refractivity contribution in [1.82, 2.24) is 4.90 Å². The quantitative estimate of drug-likeness (QED) is 0.907. The van der Waals surface area contributed by atoms with E-state index in [1.54, 1.807) is 7.11 Å². The van der Waals surface area contributed by atoms with Crippen LogP contribution in [-0.4, -0.2) is 36.2 Å². The Morgan fingerprint density at radius 1 is 1.42 bits per heavy atom. The van der Waals surface area contributed by atoms with Gasteiger partial charge in [0.1, 0.15) is 11.8 Å². The molecular weight excluding hydrogens is 242 g/mol. The molecule has 0 radical (unpaired) electrons. The summed E-state index contributed by atoms with van der Waals surface area (Å²) in [5.74, 6) is 0.605. The normalized spacial score (nSPS) is 19.1. The van der Waals surface area contributed by atoms with Gasteiger partial charge in [0, 0.05) is 0 Å². The second-order valence-corrected chi connectivity index (χ2v) is 5.24. The largest absolute Gasteiger partial charge is 0.497 e. The summed E-state index contributed by atoms with van der Waals surface area (Å²) in [5.41, 5.74) is 0.793. The van der Waals surface area contributed by atoms with Crippen molar-refractivity contribution in [2.45, 2.75) is 25.8 Å². The van der Waals surface area contributed by atoms with Crippen LogP contribution in [0.1, 0.15) is 31.4 Å². The molecular formula is C15H21NO3. The van der Waals surface area contributed by atoms with E-state index in [1.807, 2.05) is 24.3 Å². The average molecular weight is 263 g/mol. The molecule has 0 amide bonds. The molecule has 4 heteroatoms. The molecule has 104 valence electrons. The van der Waals surface area contributed by atoms with E-state index in [9.17, 15) is 9.90 Å². The standard InChI is InChI=1S/C15H21NO3/c1-11-6-8-16(9-7-11)14(15(17)18)12-4-3-5-13(10-12)19-2/h3-5,10-11,14H,6-9H2,1-2H3,(H,17,18). The van der Waals surface area contributed by atoms with Crippen LogP contribution in [0.15, 0.2) is 24.3 Å². The maximum atomic E-state index is 11.6. The smallest absolute Gasteiger partial charge is 0.325 e. The zero-order valence-corrected chi connectivity index (χ0v) is 11.5. The van der Waals surface area contributed by atoms with E-state index < -0.39 is 12.0 Å². The predicted octanol–water partition coefficient (Wildman–Crippen LogP) is 2.55.